The predicted molar refractivity (Wildman–Crippen MR) is 80.5 cm³/mol. The van der Waals surface area contributed by atoms with E-state index in [1.54, 1.807) is 19.2 Å². The molecular weight excluding hydrogens is 299 g/mol. The third-order valence-electron chi connectivity index (χ3n) is 3.24. The molecule has 0 aliphatic carbocycles. The smallest absolute Gasteiger partial charge is 0.158 e. The molecule has 0 saturated heterocycles. The molecule has 114 valence electrons. The first-order valence-corrected chi connectivity index (χ1v) is 6.61. The molecule has 8 heteroatoms. The zero-order valence-corrected chi connectivity index (χ0v) is 12.0. The third kappa shape index (κ3) is 2.67. The first-order valence-electron chi connectivity index (χ1n) is 6.61. The largest absolute Gasteiger partial charge is 0.507 e. The van der Waals surface area contributed by atoms with Crippen LogP contribution in [0.15, 0.2) is 36.8 Å². The van der Waals surface area contributed by atoms with Crippen molar-refractivity contribution in [3.05, 3.63) is 48.3 Å². The number of imidazole rings is 1. The van der Waals surface area contributed by atoms with Crippen LogP contribution in [0.4, 0.5) is 10.2 Å². The lowest BCUT2D eigenvalue weighted by atomic mass is 10.1. The van der Waals surface area contributed by atoms with Crippen LogP contribution in [-0.2, 0) is 0 Å². The normalized spacial score (nSPS) is 10.3. The van der Waals surface area contributed by atoms with Crippen LogP contribution in [0, 0.1) is 17.1 Å². The fourth-order valence-electron chi connectivity index (χ4n) is 2.08. The predicted octanol–water partition coefficient (Wildman–Crippen LogP) is 2.09. The zero-order chi connectivity index (χ0) is 16.4. The quantitative estimate of drug-likeness (QED) is 0.768. The molecule has 0 unspecified atom stereocenters. The van der Waals surface area contributed by atoms with Gasteiger partial charge in [-0.05, 0) is 18.2 Å². The van der Waals surface area contributed by atoms with Crippen LogP contribution in [0.3, 0.4) is 0 Å². The summed E-state index contributed by atoms with van der Waals surface area (Å²) in [5.41, 5.74) is 0.805. The van der Waals surface area contributed by atoms with Gasteiger partial charge in [0.05, 0.1) is 11.4 Å². The SMILES string of the molecule is CNc1ccc(-c2cc(F)c(-n3cnc(C#N)c3)cc2O)nn1. The Balaban J connectivity index is 2.04. The first kappa shape index (κ1) is 14.5. The Bertz CT molecular complexity index is 897. The molecule has 0 fully saturated rings. The van der Waals surface area contributed by atoms with E-state index >= 15 is 0 Å². The van der Waals surface area contributed by atoms with Crippen molar-refractivity contribution in [1.82, 2.24) is 19.7 Å². The maximum Gasteiger partial charge on any atom is 0.158 e. The second kappa shape index (κ2) is 5.73. The van der Waals surface area contributed by atoms with Crippen molar-refractivity contribution < 1.29 is 9.50 Å². The monoisotopic (exact) mass is 310 g/mol. The Morgan fingerprint density at radius 1 is 1.30 bits per heavy atom. The van der Waals surface area contributed by atoms with E-state index < -0.39 is 5.82 Å². The number of nitrogens with zero attached hydrogens (tertiary/aromatic N) is 5. The Kier molecular flexibility index (Phi) is 3.60. The molecule has 0 aliphatic heterocycles. The molecule has 0 aliphatic rings. The van der Waals surface area contributed by atoms with E-state index in [2.05, 4.69) is 20.5 Å². The van der Waals surface area contributed by atoms with Gasteiger partial charge in [0, 0.05) is 24.9 Å². The highest BCUT2D eigenvalue weighted by atomic mass is 19.1. The number of hydrogen-bond acceptors (Lipinski definition) is 6. The van der Waals surface area contributed by atoms with Gasteiger partial charge in [-0.25, -0.2) is 9.37 Å². The molecule has 2 aromatic heterocycles. The van der Waals surface area contributed by atoms with E-state index in [-0.39, 0.29) is 22.7 Å². The van der Waals surface area contributed by atoms with Crippen LogP contribution < -0.4 is 5.32 Å². The van der Waals surface area contributed by atoms with Crippen molar-refractivity contribution in [1.29, 1.82) is 5.26 Å². The number of halogens is 1. The second-order valence-corrected chi connectivity index (χ2v) is 4.65. The molecular formula is C15H11FN6O. The van der Waals surface area contributed by atoms with Crippen molar-refractivity contribution in [3.63, 3.8) is 0 Å². The first-order chi connectivity index (χ1) is 11.1. The van der Waals surface area contributed by atoms with Crippen molar-refractivity contribution in [2.75, 3.05) is 12.4 Å². The number of nitriles is 1. The summed E-state index contributed by atoms with van der Waals surface area (Å²) in [5.74, 6) is -0.174. The summed E-state index contributed by atoms with van der Waals surface area (Å²) in [7, 11) is 1.70. The molecule has 0 spiro atoms. The molecule has 23 heavy (non-hydrogen) atoms. The van der Waals surface area contributed by atoms with Gasteiger partial charge in [-0.2, -0.15) is 5.26 Å². The maximum atomic E-state index is 14.4. The molecule has 7 nitrogen and oxygen atoms in total. The molecule has 3 aromatic rings. The fraction of sp³-hybridized carbons (Fsp3) is 0.0667. The van der Waals surface area contributed by atoms with Crippen LogP contribution in [0.2, 0.25) is 0 Å². The highest BCUT2D eigenvalue weighted by Crippen LogP contribution is 2.31. The Hall–Kier alpha value is -3.47. The lowest BCUT2D eigenvalue weighted by Crippen LogP contribution is -1.98. The highest BCUT2D eigenvalue weighted by Gasteiger charge is 2.14. The molecule has 2 N–H and O–H groups in total. The van der Waals surface area contributed by atoms with Crippen molar-refractivity contribution in [2.45, 2.75) is 0 Å². The van der Waals surface area contributed by atoms with Crippen molar-refractivity contribution in [3.8, 4) is 28.8 Å². The molecule has 3 rings (SSSR count). The molecule has 0 radical (unpaired) electrons. The second-order valence-electron chi connectivity index (χ2n) is 4.65. The molecule has 0 amide bonds. The highest BCUT2D eigenvalue weighted by molar-refractivity contribution is 5.69. The average molecular weight is 310 g/mol. The van der Waals surface area contributed by atoms with Gasteiger partial charge >= 0.3 is 0 Å². The number of rotatable bonds is 3. The number of benzene rings is 1. The number of phenols is 1. The molecule has 0 bridgehead atoms. The maximum absolute atomic E-state index is 14.4. The fourth-order valence-corrected chi connectivity index (χ4v) is 2.08. The van der Waals surface area contributed by atoms with Gasteiger partial charge in [-0.15, -0.1) is 10.2 Å². The van der Waals surface area contributed by atoms with Gasteiger partial charge in [0.15, 0.2) is 5.69 Å². The number of anilines is 1. The van der Waals surface area contributed by atoms with E-state index in [1.807, 2.05) is 6.07 Å². The third-order valence-corrected chi connectivity index (χ3v) is 3.24. The number of nitrogens with one attached hydrogen (secondary N) is 1. The Labute approximate surface area is 130 Å². The number of aromatic nitrogens is 4. The van der Waals surface area contributed by atoms with Crippen LogP contribution in [-0.4, -0.2) is 31.9 Å². The number of aromatic hydroxyl groups is 1. The van der Waals surface area contributed by atoms with E-state index in [9.17, 15) is 9.50 Å². The summed E-state index contributed by atoms with van der Waals surface area (Å²) in [4.78, 5) is 3.81. The van der Waals surface area contributed by atoms with Gasteiger partial charge in [0.1, 0.15) is 29.8 Å². The lowest BCUT2D eigenvalue weighted by molar-refractivity contribution is 0.474. The number of hydrogen-bond donors (Lipinski definition) is 2. The minimum atomic E-state index is -0.584. The minimum absolute atomic E-state index is 0.0834. The van der Waals surface area contributed by atoms with Crippen molar-refractivity contribution >= 4 is 5.82 Å². The van der Waals surface area contributed by atoms with Crippen molar-refractivity contribution in [2.24, 2.45) is 0 Å². The topological polar surface area (TPSA) is 99.7 Å². The van der Waals surface area contributed by atoms with Gasteiger partial charge in [-0.3, -0.25) is 0 Å². The standard InChI is InChI=1S/C15H11FN6O/c1-18-15-3-2-12(20-21-15)10-4-11(16)13(5-14(10)23)22-7-9(6-17)19-8-22/h2-5,7-8,23H,1H3,(H,18,21). The number of phenolic OH excluding ortho intramolecular Hbond substituents is 1. The van der Waals surface area contributed by atoms with E-state index in [1.165, 1.54) is 29.2 Å². The summed E-state index contributed by atoms with van der Waals surface area (Å²) >= 11 is 0. The molecule has 2 heterocycles. The van der Waals surface area contributed by atoms with Crippen LogP contribution >= 0.6 is 0 Å². The zero-order valence-electron chi connectivity index (χ0n) is 12.0. The lowest BCUT2D eigenvalue weighted by Gasteiger charge is -2.09. The molecule has 1 aromatic carbocycles. The van der Waals surface area contributed by atoms with Crippen LogP contribution in [0.25, 0.3) is 16.9 Å². The van der Waals surface area contributed by atoms with E-state index in [0.29, 0.717) is 11.5 Å². The van der Waals surface area contributed by atoms with E-state index in [4.69, 9.17) is 5.26 Å². The summed E-state index contributed by atoms with van der Waals surface area (Å²) in [5, 5.41) is 29.6. The minimum Gasteiger partial charge on any atom is -0.507 e. The van der Waals surface area contributed by atoms with Gasteiger partial charge in [0.25, 0.3) is 0 Å². The Morgan fingerprint density at radius 3 is 2.74 bits per heavy atom. The summed E-state index contributed by atoms with van der Waals surface area (Å²) in [6, 6.07) is 7.57. The summed E-state index contributed by atoms with van der Waals surface area (Å²) < 4.78 is 15.7. The molecule has 0 atom stereocenters. The molecule has 0 saturated carbocycles. The summed E-state index contributed by atoms with van der Waals surface area (Å²) in [6.45, 7) is 0. The van der Waals surface area contributed by atoms with E-state index in [0.717, 1.165) is 0 Å². The Morgan fingerprint density at radius 2 is 2.13 bits per heavy atom. The summed E-state index contributed by atoms with van der Waals surface area (Å²) in [6.07, 6.45) is 2.68. The van der Waals surface area contributed by atoms with Crippen LogP contribution in [0.1, 0.15) is 5.69 Å². The van der Waals surface area contributed by atoms with Crippen LogP contribution in [0.5, 0.6) is 5.75 Å². The van der Waals surface area contributed by atoms with Gasteiger partial charge < -0.3 is 15.0 Å². The van der Waals surface area contributed by atoms with Gasteiger partial charge in [0.2, 0.25) is 0 Å². The average Bonchev–Trinajstić information content (AvgIpc) is 3.05. The van der Waals surface area contributed by atoms with Gasteiger partial charge in [-0.1, -0.05) is 0 Å².